The lowest BCUT2D eigenvalue weighted by Gasteiger charge is -2.24. The van der Waals surface area contributed by atoms with Gasteiger partial charge in [0.25, 0.3) is 0 Å². The van der Waals surface area contributed by atoms with Crippen molar-refractivity contribution in [1.29, 1.82) is 0 Å². The number of aliphatic hydroxyl groups is 1. The molecule has 9 nitrogen and oxygen atoms in total. The summed E-state index contributed by atoms with van der Waals surface area (Å²) in [4.78, 5) is 31.4. The van der Waals surface area contributed by atoms with E-state index >= 15 is 0 Å². The molecule has 2 atom stereocenters. The van der Waals surface area contributed by atoms with E-state index in [1.165, 1.54) is 0 Å². The van der Waals surface area contributed by atoms with E-state index in [4.69, 9.17) is 4.74 Å². The van der Waals surface area contributed by atoms with Gasteiger partial charge in [-0.1, -0.05) is 91.0 Å². The molecule has 0 spiro atoms. The lowest BCUT2D eigenvalue weighted by molar-refractivity contribution is -0.251. The molecule has 1 aliphatic carbocycles. The second-order valence-electron chi connectivity index (χ2n) is 11.6. The number of nitrogens with zero attached hydrogens (tertiary/aromatic N) is 1. The number of hydrogen-bond donors (Lipinski definition) is 4. The third kappa shape index (κ3) is 8.84. The predicted octanol–water partition coefficient (Wildman–Crippen LogP) is 4.15. The largest absolute Gasteiger partial charge is 0.599 e. The van der Waals surface area contributed by atoms with Crippen LogP contribution in [0.25, 0.3) is 11.1 Å². The molecule has 0 aliphatic heterocycles. The fourth-order valence-corrected chi connectivity index (χ4v) is 5.90. The van der Waals surface area contributed by atoms with Gasteiger partial charge in [-0.2, -0.15) is 0 Å². The minimum absolute atomic E-state index is 0.0849. The Labute approximate surface area is 275 Å². The fraction of sp³-hybridized carbons (Fsp3) is 0.289. The lowest BCUT2D eigenvalue weighted by atomic mass is 9.98. The molecule has 4 aromatic rings. The number of fused-ring (bicyclic) bond motifs is 3. The molecule has 5 rings (SSSR count). The van der Waals surface area contributed by atoms with E-state index in [2.05, 4.69) is 33.1 Å². The van der Waals surface area contributed by atoms with Gasteiger partial charge >= 0.3 is 0 Å². The Morgan fingerprint density at radius 3 is 2.11 bits per heavy atom. The summed E-state index contributed by atoms with van der Waals surface area (Å²) in [5.41, 5.74) is 6.49. The normalized spacial score (nSPS) is 13.7. The molecule has 9 heteroatoms. The summed E-state index contributed by atoms with van der Waals surface area (Å²) in [6.07, 6.45) is 1.24. The quantitative estimate of drug-likeness (QED) is 0.0883. The molecule has 0 heterocycles. The summed E-state index contributed by atoms with van der Waals surface area (Å²) in [6.45, 7) is 0.759. The molecule has 4 N–H and O–H groups in total. The van der Waals surface area contributed by atoms with Crippen molar-refractivity contribution in [3.63, 3.8) is 0 Å². The number of ether oxygens (including phenoxy) is 1. The summed E-state index contributed by atoms with van der Waals surface area (Å²) >= 11 is 0. The summed E-state index contributed by atoms with van der Waals surface area (Å²) in [7, 11) is 1.86. The van der Waals surface area contributed by atoms with Crippen LogP contribution in [0.2, 0.25) is 0 Å². The summed E-state index contributed by atoms with van der Waals surface area (Å²) in [6, 6.07) is 30.4. The topological polar surface area (TPSA) is 135 Å². The maximum absolute atomic E-state index is 13.8. The van der Waals surface area contributed by atoms with E-state index in [0.717, 1.165) is 46.3 Å². The minimum Gasteiger partial charge on any atom is -0.599 e. The number of unbranched alkanes of at least 4 members (excludes halogenated alkanes) is 1. The zero-order valence-corrected chi connectivity index (χ0v) is 26.5. The van der Waals surface area contributed by atoms with Crippen LogP contribution in [0.1, 0.15) is 47.4 Å². The SMILES string of the molecule is CNCCCC[C@H](NC(=O)[C@@H](Cc1ccccc1)N=C([O-])OCC1c2ccccc2-c2ccccc21)C(=O)Nc1ccc(CO)cc1. The number of carbonyl (C=O) groups is 2. The molecule has 1 aliphatic rings. The molecule has 47 heavy (non-hydrogen) atoms. The molecule has 0 saturated heterocycles. The smallest absolute Gasteiger partial charge is 0.246 e. The Balaban J connectivity index is 1.32. The van der Waals surface area contributed by atoms with Crippen LogP contribution in [0.5, 0.6) is 0 Å². The van der Waals surface area contributed by atoms with Crippen molar-refractivity contribution in [2.24, 2.45) is 4.99 Å². The molecule has 4 aromatic carbocycles. The molecule has 0 fully saturated rings. The maximum atomic E-state index is 13.8. The monoisotopic (exact) mass is 633 g/mol. The van der Waals surface area contributed by atoms with Crippen LogP contribution in [0.15, 0.2) is 108 Å². The highest BCUT2D eigenvalue weighted by molar-refractivity contribution is 5.98. The number of anilines is 1. The molecule has 0 bridgehead atoms. The molecular formula is C38H41N4O5-. The van der Waals surface area contributed by atoms with E-state index in [9.17, 15) is 19.8 Å². The number of carbonyl (C=O) groups excluding carboxylic acids is 2. The lowest BCUT2D eigenvalue weighted by Crippen LogP contribution is -2.48. The van der Waals surface area contributed by atoms with Crippen molar-refractivity contribution in [1.82, 2.24) is 10.6 Å². The average Bonchev–Trinajstić information content (AvgIpc) is 3.42. The van der Waals surface area contributed by atoms with Crippen LogP contribution in [0.3, 0.4) is 0 Å². The molecule has 0 unspecified atom stereocenters. The summed E-state index contributed by atoms with van der Waals surface area (Å²) in [5.74, 6) is -1.05. The first-order valence-electron chi connectivity index (χ1n) is 16.0. The molecule has 0 aromatic heterocycles. The van der Waals surface area contributed by atoms with Gasteiger partial charge in [0.15, 0.2) is 0 Å². The Morgan fingerprint density at radius 1 is 0.830 bits per heavy atom. The highest BCUT2D eigenvalue weighted by Gasteiger charge is 2.28. The van der Waals surface area contributed by atoms with E-state index in [0.29, 0.717) is 18.5 Å². The van der Waals surface area contributed by atoms with Gasteiger partial charge in [-0.15, -0.1) is 0 Å². The third-order valence-corrected chi connectivity index (χ3v) is 8.38. The number of amides is 2. The highest BCUT2D eigenvalue weighted by atomic mass is 16.6. The van der Waals surface area contributed by atoms with Gasteiger partial charge in [0.2, 0.25) is 11.8 Å². The van der Waals surface area contributed by atoms with Gasteiger partial charge in [-0.25, -0.2) is 0 Å². The number of aliphatic imine (C=N–C) groups is 1. The van der Waals surface area contributed by atoms with Gasteiger partial charge in [-0.3, -0.25) is 14.6 Å². The van der Waals surface area contributed by atoms with E-state index in [1.54, 1.807) is 24.3 Å². The zero-order valence-electron chi connectivity index (χ0n) is 26.5. The Bertz CT molecular complexity index is 1610. The Hall–Kier alpha value is -4.99. The zero-order chi connectivity index (χ0) is 33.0. The number of aliphatic hydroxyl groups excluding tert-OH is 1. The molecule has 0 saturated carbocycles. The maximum Gasteiger partial charge on any atom is 0.246 e. The summed E-state index contributed by atoms with van der Waals surface area (Å²) in [5, 5.41) is 31.4. The average molecular weight is 634 g/mol. The second kappa shape index (κ2) is 16.5. The van der Waals surface area contributed by atoms with Crippen molar-refractivity contribution in [2.75, 3.05) is 25.5 Å². The Morgan fingerprint density at radius 2 is 1.47 bits per heavy atom. The van der Waals surface area contributed by atoms with Crippen LogP contribution >= 0.6 is 0 Å². The van der Waals surface area contributed by atoms with Crippen molar-refractivity contribution in [2.45, 2.75) is 50.3 Å². The first-order valence-corrected chi connectivity index (χ1v) is 16.0. The third-order valence-electron chi connectivity index (χ3n) is 8.38. The van der Waals surface area contributed by atoms with E-state index in [1.807, 2.05) is 73.8 Å². The summed E-state index contributed by atoms with van der Waals surface area (Å²) < 4.78 is 5.71. The number of benzene rings is 4. The van der Waals surface area contributed by atoms with E-state index < -0.39 is 24.1 Å². The number of nitrogens with one attached hydrogen (secondary N) is 3. The fourth-order valence-electron chi connectivity index (χ4n) is 5.90. The number of hydrogen-bond acceptors (Lipinski definition) is 7. The number of rotatable bonds is 15. The van der Waals surface area contributed by atoms with Crippen molar-refractivity contribution in [3.05, 3.63) is 125 Å². The van der Waals surface area contributed by atoms with Crippen LogP contribution in [0.4, 0.5) is 5.69 Å². The highest BCUT2D eigenvalue weighted by Crippen LogP contribution is 2.44. The van der Waals surface area contributed by atoms with Gasteiger partial charge < -0.3 is 30.9 Å². The van der Waals surface area contributed by atoms with Crippen molar-refractivity contribution >= 4 is 23.6 Å². The van der Waals surface area contributed by atoms with Gasteiger partial charge in [0, 0.05) is 24.6 Å². The van der Waals surface area contributed by atoms with Crippen LogP contribution in [0, 0.1) is 0 Å². The molecule has 2 amide bonds. The van der Waals surface area contributed by atoms with Crippen LogP contribution < -0.4 is 21.1 Å². The van der Waals surface area contributed by atoms with Gasteiger partial charge in [-0.05, 0) is 78.4 Å². The van der Waals surface area contributed by atoms with Crippen LogP contribution in [-0.4, -0.2) is 55.3 Å². The van der Waals surface area contributed by atoms with Gasteiger partial charge in [0.1, 0.15) is 18.2 Å². The predicted molar refractivity (Wildman–Crippen MR) is 182 cm³/mol. The minimum atomic E-state index is -1.11. The second-order valence-corrected chi connectivity index (χ2v) is 11.6. The standard InChI is InChI=1S/C38H42N4O5/c1-39-22-10-9-17-34(36(44)40-28-20-18-27(24-43)19-21-28)41-37(45)35(23-26-11-3-2-4-12-26)42-38(46)47-25-33-31-15-7-5-13-29(31)30-14-6-8-16-32(30)33/h2-8,11-16,18-21,33-35,39,43H,9-10,17,22-25H2,1H3,(H,40,44)(H,41,45)(H,42,46)/p-1/t34-,35+/m0/s1. The molecular weight excluding hydrogens is 592 g/mol. The first-order chi connectivity index (χ1) is 23.0. The van der Waals surface area contributed by atoms with Crippen molar-refractivity contribution in [3.8, 4) is 11.1 Å². The van der Waals surface area contributed by atoms with E-state index in [-0.39, 0.29) is 31.5 Å². The van der Waals surface area contributed by atoms with Crippen LogP contribution in [-0.2, 0) is 27.4 Å². The molecule has 0 radical (unpaired) electrons. The Kier molecular flexibility index (Phi) is 11.7. The molecule has 244 valence electrons. The van der Waals surface area contributed by atoms with Crippen molar-refractivity contribution < 1.29 is 24.5 Å². The first kappa shape index (κ1) is 33.4. The van der Waals surface area contributed by atoms with Gasteiger partial charge in [0.05, 0.1) is 6.61 Å².